The minimum Gasteiger partial charge on any atom is -0.297 e. The first-order valence-electron chi connectivity index (χ1n) is 2.30. The maximum atomic E-state index is 10.0. The van der Waals surface area contributed by atoms with Gasteiger partial charge in [-0.05, 0) is 6.07 Å². The lowest BCUT2D eigenvalue weighted by atomic mass is 10.3. The van der Waals surface area contributed by atoms with E-state index in [1.807, 2.05) is 6.07 Å². The summed E-state index contributed by atoms with van der Waals surface area (Å²) < 4.78 is 0. The van der Waals surface area contributed by atoms with Crippen LogP contribution in [0.3, 0.4) is 0 Å². The minimum absolute atomic E-state index is 0.558. The fourth-order valence-corrected chi connectivity index (χ4v) is 1.11. The molecule has 0 saturated heterocycles. The zero-order valence-electron chi connectivity index (χ0n) is 4.50. The van der Waals surface area contributed by atoms with Crippen LogP contribution in [-0.4, -0.2) is 6.29 Å². The molecule has 0 aliphatic carbocycles. The smallest absolute Gasteiger partial charge is 0.160 e. The van der Waals surface area contributed by atoms with Crippen LogP contribution in [0.5, 0.6) is 0 Å². The molecule has 0 N–H and O–H groups in total. The molecule has 2 nitrogen and oxygen atoms in total. The summed E-state index contributed by atoms with van der Waals surface area (Å²) in [6.07, 6.45) is 0.742. The Morgan fingerprint density at radius 2 is 2.56 bits per heavy atom. The summed E-state index contributed by atoms with van der Waals surface area (Å²) in [6.45, 7) is 0. The highest BCUT2D eigenvalue weighted by Crippen LogP contribution is 2.10. The Balaban J connectivity index is 3.03. The molecule has 0 unspecified atom stereocenters. The highest BCUT2D eigenvalue weighted by molar-refractivity contribution is 7.11. The van der Waals surface area contributed by atoms with E-state index in [0.29, 0.717) is 10.4 Å². The lowest BCUT2D eigenvalue weighted by Gasteiger charge is -1.68. The van der Waals surface area contributed by atoms with Crippen LogP contribution in [0.15, 0.2) is 11.4 Å². The van der Waals surface area contributed by atoms with Crippen molar-refractivity contribution in [1.29, 1.82) is 5.26 Å². The summed E-state index contributed by atoms with van der Waals surface area (Å²) >= 11 is 1.28. The average molecular weight is 137 g/mol. The van der Waals surface area contributed by atoms with E-state index in [1.165, 1.54) is 11.3 Å². The Labute approximate surface area is 56.4 Å². The molecule has 3 heteroatoms. The summed E-state index contributed by atoms with van der Waals surface area (Å²) in [5.41, 5.74) is 0.558. The zero-order chi connectivity index (χ0) is 6.69. The van der Waals surface area contributed by atoms with Crippen LogP contribution in [0.1, 0.15) is 15.2 Å². The molecule has 1 heterocycles. The van der Waals surface area contributed by atoms with Crippen molar-refractivity contribution in [2.24, 2.45) is 0 Å². The highest BCUT2D eigenvalue weighted by Gasteiger charge is 1.94. The van der Waals surface area contributed by atoms with Gasteiger partial charge in [0.25, 0.3) is 0 Å². The lowest BCUT2D eigenvalue weighted by molar-refractivity contribution is 0.112. The van der Waals surface area contributed by atoms with Crippen molar-refractivity contribution in [3.8, 4) is 6.07 Å². The van der Waals surface area contributed by atoms with E-state index in [2.05, 4.69) is 0 Å². The van der Waals surface area contributed by atoms with Gasteiger partial charge < -0.3 is 0 Å². The molecule has 0 amide bonds. The molecule has 0 aliphatic rings. The molecule has 0 aromatic carbocycles. The van der Waals surface area contributed by atoms with Crippen LogP contribution >= 0.6 is 11.3 Å². The normalized spacial score (nSPS) is 8.33. The third kappa shape index (κ3) is 1.15. The predicted octanol–water partition coefficient (Wildman–Crippen LogP) is 1.43. The quantitative estimate of drug-likeness (QED) is 0.549. The van der Waals surface area contributed by atoms with E-state index in [9.17, 15) is 4.79 Å². The molecule has 0 fully saturated rings. The van der Waals surface area contributed by atoms with Gasteiger partial charge >= 0.3 is 0 Å². The number of aldehydes is 1. The van der Waals surface area contributed by atoms with Crippen molar-refractivity contribution in [2.75, 3.05) is 0 Å². The summed E-state index contributed by atoms with van der Waals surface area (Å²) in [5, 5.41) is 9.94. The van der Waals surface area contributed by atoms with Gasteiger partial charge in [-0.1, -0.05) is 0 Å². The minimum atomic E-state index is 0.558. The van der Waals surface area contributed by atoms with Crippen molar-refractivity contribution in [2.45, 2.75) is 0 Å². The number of carbonyl (C=O) groups excluding carboxylic acids is 1. The van der Waals surface area contributed by atoms with Crippen LogP contribution in [0.2, 0.25) is 0 Å². The first-order valence-corrected chi connectivity index (χ1v) is 3.18. The second kappa shape index (κ2) is 2.42. The van der Waals surface area contributed by atoms with E-state index in [4.69, 9.17) is 5.26 Å². The molecule has 0 saturated carbocycles. The second-order valence-corrected chi connectivity index (χ2v) is 2.41. The van der Waals surface area contributed by atoms with Crippen LogP contribution in [0.25, 0.3) is 0 Å². The summed E-state index contributed by atoms with van der Waals surface area (Å²) in [7, 11) is 0. The summed E-state index contributed by atoms with van der Waals surface area (Å²) in [4.78, 5) is 10.6. The Hall–Kier alpha value is -1.14. The maximum Gasteiger partial charge on any atom is 0.160 e. The van der Waals surface area contributed by atoms with Crippen molar-refractivity contribution < 1.29 is 4.79 Å². The molecule has 1 rings (SSSR count). The SMILES string of the molecule is N#Cc1csc(C=O)c1. The topological polar surface area (TPSA) is 40.9 Å². The molecule has 44 valence electrons. The van der Waals surface area contributed by atoms with Gasteiger partial charge in [0.15, 0.2) is 6.29 Å². The largest absolute Gasteiger partial charge is 0.297 e. The average Bonchev–Trinajstić information content (AvgIpc) is 2.34. The van der Waals surface area contributed by atoms with Gasteiger partial charge in [0, 0.05) is 5.38 Å². The fraction of sp³-hybridized carbons (Fsp3) is 0. The van der Waals surface area contributed by atoms with E-state index in [1.54, 1.807) is 11.4 Å². The van der Waals surface area contributed by atoms with Crippen LogP contribution in [0, 0.1) is 11.3 Å². The number of rotatable bonds is 1. The Kier molecular flexibility index (Phi) is 1.61. The molecule has 1 aromatic heterocycles. The number of hydrogen-bond acceptors (Lipinski definition) is 3. The van der Waals surface area contributed by atoms with Gasteiger partial charge in [-0.15, -0.1) is 11.3 Å². The molecule has 0 atom stereocenters. The molecular formula is C6H3NOS. The third-order valence-electron chi connectivity index (χ3n) is 0.865. The lowest BCUT2D eigenvalue weighted by Crippen LogP contribution is -1.65. The van der Waals surface area contributed by atoms with Gasteiger partial charge in [0.1, 0.15) is 6.07 Å². The molecule has 1 aromatic rings. The van der Waals surface area contributed by atoms with Crippen molar-refractivity contribution in [3.05, 3.63) is 21.9 Å². The molecule has 0 bridgehead atoms. The first-order chi connectivity index (χ1) is 4.36. The van der Waals surface area contributed by atoms with Gasteiger partial charge in [0.05, 0.1) is 10.4 Å². The van der Waals surface area contributed by atoms with Gasteiger partial charge in [-0.25, -0.2) is 0 Å². The molecule has 0 radical (unpaired) electrons. The fourth-order valence-electron chi connectivity index (χ4n) is 0.473. The molecule has 0 aliphatic heterocycles. The number of thiophene rings is 1. The van der Waals surface area contributed by atoms with Gasteiger partial charge in [-0.2, -0.15) is 5.26 Å². The monoisotopic (exact) mass is 137 g/mol. The number of nitrogens with zero attached hydrogens (tertiary/aromatic N) is 1. The summed E-state index contributed by atoms with van der Waals surface area (Å²) in [5.74, 6) is 0. The Bertz CT molecular complexity index is 258. The van der Waals surface area contributed by atoms with Crippen molar-refractivity contribution >= 4 is 17.6 Å². The molecule has 9 heavy (non-hydrogen) atoms. The van der Waals surface area contributed by atoms with Crippen molar-refractivity contribution in [3.63, 3.8) is 0 Å². The van der Waals surface area contributed by atoms with Crippen molar-refractivity contribution in [1.82, 2.24) is 0 Å². The molecular weight excluding hydrogens is 134 g/mol. The number of nitriles is 1. The first kappa shape index (κ1) is 5.99. The Morgan fingerprint density at radius 1 is 1.78 bits per heavy atom. The van der Waals surface area contributed by atoms with E-state index in [-0.39, 0.29) is 0 Å². The van der Waals surface area contributed by atoms with Gasteiger partial charge in [-0.3, -0.25) is 4.79 Å². The summed E-state index contributed by atoms with van der Waals surface area (Å²) in [6, 6.07) is 3.50. The van der Waals surface area contributed by atoms with Crippen LogP contribution in [0.4, 0.5) is 0 Å². The van der Waals surface area contributed by atoms with Crippen LogP contribution in [-0.2, 0) is 0 Å². The zero-order valence-corrected chi connectivity index (χ0v) is 5.31. The van der Waals surface area contributed by atoms with Gasteiger partial charge in [0.2, 0.25) is 0 Å². The Morgan fingerprint density at radius 3 is 2.89 bits per heavy atom. The standard InChI is InChI=1S/C6H3NOS/c7-2-5-1-6(3-8)9-4-5/h1,3-4H. The maximum absolute atomic E-state index is 10.0. The predicted molar refractivity (Wildman–Crippen MR) is 34.4 cm³/mol. The number of hydrogen-bond donors (Lipinski definition) is 0. The second-order valence-electron chi connectivity index (χ2n) is 1.47. The third-order valence-corrected chi connectivity index (χ3v) is 1.72. The van der Waals surface area contributed by atoms with E-state index in [0.717, 1.165) is 6.29 Å². The molecule has 0 spiro atoms. The van der Waals surface area contributed by atoms with Crippen LogP contribution < -0.4 is 0 Å². The van der Waals surface area contributed by atoms with E-state index >= 15 is 0 Å². The highest BCUT2D eigenvalue weighted by atomic mass is 32.1. The van der Waals surface area contributed by atoms with E-state index < -0.39 is 0 Å². The number of carbonyl (C=O) groups is 1.